The van der Waals surface area contributed by atoms with Crippen molar-refractivity contribution in [2.45, 2.75) is 19.0 Å². The Kier molecular flexibility index (Phi) is 9.61. The number of hydrogen-bond donors (Lipinski definition) is 0. The Morgan fingerprint density at radius 2 is 1.79 bits per heavy atom. The molecule has 0 fully saturated rings. The molecule has 14 heavy (non-hydrogen) atoms. The van der Waals surface area contributed by atoms with Gasteiger partial charge in [0.15, 0.2) is 0 Å². The van der Waals surface area contributed by atoms with E-state index in [1.54, 1.807) is 0 Å². The van der Waals surface area contributed by atoms with E-state index in [2.05, 4.69) is 4.74 Å². The van der Waals surface area contributed by atoms with E-state index in [-0.39, 0.29) is 57.8 Å². The van der Waals surface area contributed by atoms with Crippen LogP contribution in [0.4, 0.5) is 0 Å². The number of nitro groups is 2. The van der Waals surface area contributed by atoms with Crippen molar-refractivity contribution < 1.29 is 70.8 Å². The van der Waals surface area contributed by atoms with Crippen LogP contribution in [0.25, 0.3) is 0 Å². The molecule has 0 radical (unpaired) electrons. The number of rotatable bonds is 5. The topological polar surface area (TPSA) is 113 Å². The van der Waals surface area contributed by atoms with Crippen LogP contribution < -0.4 is 51.4 Å². The Hall–Kier alpha value is -0.0936. The van der Waals surface area contributed by atoms with Gasteiger partial charge in [-0.25, -0.2) is 0 Å². The summed E-state index contributed by atoms with van der Waals surface area (Å²) in [6.07, 6.45) is -2.71. The van der Waals surface area contributed by atoms with Gasteiger partial charge in [-0.1, -0.05) is 0 Å². The van der Waals surface area contributed by atoms with Crippen molar-refractivity contribution in [1.82, 2.24) is 0 Å². The first kappa shape index (κ1) is 16.3. The van der Waals surface area contributed by atoms with Gasteiger partial charge in [0.05, 0.1) is 29.8 Å². The van der Waals surface area contributed by atoms with Crippen LogP contribution in [0, 0.1) is 20.2 Å². The molecule has 0 aromatic heterocycles. The van der Waals surface area contributed by atoms with Crippen LogP contribution in [0.5, 0.6) is 0 Å². The van der Waals surface area contributed by atoms with Crippen molar-refractivity contribution in [3.63, 3.8) is 0 Å². The molecular weight excluding hydrogens is 223 g/mol. The molecule has 0 aliphatic carbocycles. The fourth-order valence-corrected chi connectivity index (χ4v) is 0.637. The number of ether oxygens (including phenoxy) is 1. The Labute approximate surface area is 122 Å². The monoisotopic (exact) mass is 231 g/mol. The Morgan fingerprint density at radius 3 is 2.07 bits per heavy atom. The van der Waals surface area contributed by atoms with Gasteiger partial charge < -0.3 is 4.74 Å². The second-order valence-electron chi connectivity index (χ2n) is 2.17. The third-order valence-corrected chi connectivity index (χ3v) is 1.32. The number of nitrogens with zero attached hydrogens (tertiary/aromatic N) is 2. The quantitative estimate of drug-likeness (QED) is 0.162. The minimum Gasteiger partial charge on any atom is -0.469 e. The molecule has 0 saturated carbocycles. The predicted molar refractivity (Wildman–Crippen MR) is 39.0 cm³/mol. The Balaban J connectivity index is 0. The van der Waals surface area contributed by atoms with E-state index in [1.807, 2.05) is 0 Å². The average Bonchev–Trinajstić information content (AvgIpc) is 2.03. The number of carbonyl (C=O) groups excluding carboxylic acids is 1. The molecule has 8 nitrogen and oxygen atoms in total. The number of carbonyl (C=O) groups is 1. The molecule has 9 heteroatoms. The first-order chi connectivity index (χ1) is 5.99. The molecule has 0 amide bonds. The molecule has 0 aromatic rings. The van der Waals surface area contributed by atoms with Crippen molar-refractivity contribution in [3.05, 3.63) is 20.2 Å². The van der Waals surface area contributed by atoms with Crippen LogP contribution in [0.15, 0.2) is 0 Å². The smallest absolute Gasteiger partial charge is 0.469 e. The second-order valence-corrected chi connectivity index (χ2v) is 2.17. The van der Waals surface area contributed by atoms with E-state index in [9.17, 15) is 25.0 Å². The Bertz CT molecular complexity index is 218. The van der Waals surface area contributed by atoms with Gasteiger partial charge >= 0.3 is 63.5 Å². The molecule has 0 rings (SSSR count). The van der Waals surface area contributed by atoms with Crippen molar-refractivity contribution in [3.8, 4) is 0 Å². The third kappa shape index (κ3) is 6.37. The number of methoxy groups -OCH3 is 1. The molecule has 0 aromatic carbocycles. The predicted octanol–water partition coefficient (Wildman–Crippen LogP) is -3.18. The zero-order chi connectivity index (χ0) is 10.4. The van der Waals surface area contributed by atoms with Gasteiger partial charge in [-0.05, 0) is 0 Å². The van der Waals surface area contributed by atoms with Crippen molar-refractivity contribution >= 4 is 5.97 Å². The van der Waals surface area contributed by atoms with E-state index in [1.165, 1.54) is 0 Å². The van der Waals surface area contributed by atoms with E-state index in [4.69, 9.17) is 0 Å². The van der Waals surface area contributed by atoms with Crippen LogP contribution in [-0.4, -0.2) is 29.1 Å². The van der Waals surface area contributed by atoms with Crippen LogP contribution in [-0.2, 0) is 9.53 Å². The molecule has 0 atom stereocenters. The van der Waals surface area contributed by atoms with Gasteiger partial charge in [-0.15, -0.1) is 0 Å². The van der Waals surface area contributed by atoms with Crippen molar-refractivity contribution in [2.75, 3.05) is 7.11 Å². The summed E-state index contributed by atoms with van der Waals surface area (Å²) < 4.78 is 4.18. The first-order valence-electron chi connectivity index (χ1n) is 3.32. The largest absolute Gasteiger partial charge is 1.00 e. The molecule has 0 aliphatic heterocycles. The van der Waals surface area contributed by atoms with Gasteiger partial charge in [0.2, 0.25) is 0 Å². The molecular formula is C5H8KN2O6+. The molecule has 0 saturated heterocycles. The molecule has 0 N–H and O–H groups in total. The van der Waals surface area contributed by atoms with Gasteiger partial charge in [0, 0.05) is 0 Å². The van der Waals surface area contributed by atoms with E-state index >= 15 is 0 Å². The van der Waals surface area contributed by atoms with Gasteiger partial charge in [0.1, 0.15) is 0 Å². The molecule has 0 heterocycles. The molecule has 0 unspecified atom stereocenters. The number of hydrogen-bond acceptors (Lipinski definition) is 6. The van der Waals surface area contributed by atoms with E-state index in [0.717, 1.165) is 7.11 Å². The SMILES string of the molecule is COC(=O)CCC([N+](=O)[O-])[N+](=O)[O-].[K+]. The van der Waals surface area contributed by atoms with Gasteiger partial charge in [-0.3, -0.25) is 25.0 Å². The Morgan fingerprint density at radius 1 is 1.36 bits per heavy atom. The maximum atomic E-state index is 10.5. The third-order valence-electron chi connectivity index (χ3n) is 1.32. The maximum Gasteiger partial charge on any atom is 1.00 e. The zero-order valence-corrected chi connectivity index (χ0v) is 11.0. The fraction of sp³-hybridized carbons (Fsp3) is 0.800. The fourth-order valence-electron chi connectivity index (χ4n) is 0.637. The summed E-state index contributed by atoms with van der Waals surface area (Å²) in [5.41, 5.74) is 0. The summed E-state index contributed by atoms with van der Waals surface area (Å²) in [7, 11) is 1.11. The summed E-state index contributed by atoms with van der Waals surface area (Å²) >= 11 is 0. The van der Waals surface area contributed by atoms with Crippen LogP contribution in [0.3, 0.4) is 0 Å². The summed E-state index contributed by atoms with van der Waals surface area (Å²) in [6.45, 7) is 0. The summed E-state index contributed by atoms with van der Waals surface area (Å²) in [5, 5.41) is 20.1. The summed E-state index contributed by atoms with van der Waals surface area (Å²) in [6, 6.07) is 0. The van der Waals surface area contributed by atoms with Gasteiger partial charge in [0.25, 0.3) is 0 Å². The minimum atomic E-state index is -1.93. The van der Waals surface area contributed by atoms with Crippen LogP contribution in [0.2, 0.25) is 0 Å². The summed E-state index contributed by atoms with van der Waals surface area (Å²) in [5.74, 6) is -0.700. The second kappa shape index (κ2) is 8.23. The van der Waals surface area contributed by atoms with E-state index < -0.39 is 28.4 Å². The molecule has 74 valence electrons. The maximum absolute atomic E-state index is 10.5. The standard InChI is InChI=1S/C5H8N2O6.K/c1-13-5(8)3-2-4(6(9)10)7(11)12;/h4H,2-3H2,1H3;/q;+1. The molecule has 0 bridgehead atoms. The van der Waals surface area contributed by atoms with Crippen molar-refractivity contribution in [2.24, 2.45) is 0 Å². The van der Waals surface area contributed by atoms with Crippen LogP contribution >= 0.6 is 0 Å². The molecule has 0 spiro atoms. The normalized spacial score (nSPS) is 9.00. The van der Waals surface area contributed by atoms with Crippen LogP contribution in [0.1, 0.15) is 12.8 Å². The van der Waals surface area contributed by atoms with Gasteiger partial charge in [-0.2, -0.15) is 0 Å². The van der Waals surface area contributed by atoms with E-state index in [0.29, 0.717) is 0 Å². The average molecular weight is 231 g/mol. The summed E-state index contributed by atoms with van der Waals surface area (Å²) in [4.78, 5) is 28.5. The first-order valence-corrected chi connectivity index (χ1v) is 3.32. The molecule has 0 aliphatic rings. The van der Waals surface area contributed by atoms with Crippen molar-refractivity contribution in [1.29, 1.82) is 0 Å². The minimum absolute atomic E-state index is 0. The zero-order valence-electron chi connectivity index (χ0n) is 7.84. The number of esters is 1.